The Morgan fingerprint density at radius 1 is 1.31 bits per heavy atom. The van der Waals surface area contributed by atoms with Crippen LogP contribution in [0.4, 0.5) is 0 Å². The van der Waals surface area contributed by atoms with Crippen LogP contribution < -0.4 is 0 Å². The Morgan fingerprint density at radius 3 is 2.56 bits per heavy atom. The molecular weight excluding hydrogens is 202 g/mol. The van der Waals surface area contributed by atoms with Gasteiger partial charge in [-0.1, -0.05) is 20.8 Å². The lowest BCUT2D eigenvalue weighted by atomic mass is 9.61. The average Bonchev–Trinajstić information content (AvgIpc) is 2.12. The molecule has 1 rings (SSSR count). The first-order valence-corrected chi connectivity index (χ1v) is 5.65. The van der Waals surface area contributed by atoms with Crippen LogP contribution in [0.3, 0.4) is 0 Å². The SMILES string of the molecule is CC1(C)CC(C=C=O)CC(C)(CN=C=O)C1. The zero-order valence-electron chi connectivity index (χ0n) is 10.2. The summed E-state index contributed by atoms with van der Waals surface area (Å²) in [6.45, 7) is 7.02. The van der Waals surface area contributed by atoms with Crippen molar-refractivity contribution in [3.63, 3.8) is 0 Å². The summed E-state index contributed by atoms with van der Waals surface area (Å²) in [7, 11) is 0. The van der Waals surface area contributed by atoms with Gasteiger partial charge in [-0.15, -0.1) is 0 Å². The van der Waals surface area contributed by atoms with Crippen molar-refractivity contribution in [2.75, 3.05) is 6.54 Å². The number of hydrogen-bond donors (Lipinski definition) is 0. The van der Waals surface area contributed by atoms with E-state index < -0.39 is 0 Å². The van der Waals surface area contributed by atoms with Gasteiger partial charge in [0.1, 0.15) is 5.94 Å². The topological polar surface area (TPSA) is 46.5 Å². The maximum atomic E-state index is 10.4. The number of rotatable bonds is 3. The van der Waals surface area contributed by atoms with Crippen LogP contribution in [-0.4, -0.2) is 18.6 Å². The summed E-state index contributed by atoms with van der Waals surface area (Å²) in [5.74, 6) is 2.14. The molecule has 0 radical (unpaired) electrons. The van der Waals surface area contributed by atoms with Crippen LogP contribution >= 0.6 is 0 Å². The van der Waals surface area contributed by atoms with E-state index in [1.54, 1.807) is 12.2 Å². The molecule has 0 heterocycles. The molecule has 0 bridgehead atoms. The predicted octanol–water partition coefficient (Wildman–Crippen LogP) is 2.54. The molecule has 1 aliphatic carbocycles. The van der Waals surface area contributed by atoms with Gasteiger partial charge in [0.2, 0.25) is 6.08 Å². The molecular formula is C13H19NO2. The van der Waals surface area contributed by atoms with Gasteiger partial charge in [0.25, 0.3) is 0 Å². The van der Waals surface area contributed by atoms with Gasteiger partial charge in [0, 0.05) is 6.08 Å². The van der Waals surface area contributed by atoms with Crippen molar-refractivity contribution in [3.8, 4) is 0 Å². The van der Waals surface area contributed by atoms with Gasteiger partial charge >= 0.3 is 0 Å². The van der Waals surface area contributed by atoms with E-state index in [0.717, 1.165) is 19.3 Å². The number of nitrogens with zero attached hydrogens (tertiary/aromatic N) is 1. The minimum absolute atomic E-state index is 0.00280. The van der Waals surface area contributed by atoms with E-state index in [2.05, 4.69) is 25.8 Å². The average molecular weight is 221 g/mol. The lowest BCUT2D eigenvalue weighted by molar-refractivity contribution is 0.0787. The molecule has 88 valence electrons. The molecule has 0 amide bonds. The van der Waals surface area contributed by atoms with Crippen LogP contribution in [0.25, 0.3) is 0 Å². The number of carbonyl (C=O) groups excluding carboxylic acids is 2. The minimum atomic E-state index is -0.00280. The van der Waals surface area contributed by atoms with E-state index >= 15 is 0 Å². The molecule has 1 aliphatic rings. The third-order valence-corrected chi connectivity index (χ3v) is 3.30. The maximum Gasteiger partial charge on any atom is 0.234 e. The highest BCUT2D eigenvalue weighted by molar-refractivity contribution is 5.45. The standard InChI is InChI=1S/C13H19NO2/c1-12(2)6-11(4-5-15)7-13(3,8-12)9-14-10-16/h4,11H,6-9H2,1-3H3. The van der Waals surface area contributed by atoms with E-state index in [1.807, 2.05) is 5.94 Å². The summed E-state index contributed by atoms with van der Waals surface area (Å²) >= 11 is 0. The Morgan fingerprint density at radius 2 is 2.00 bits per heavy atom. The Bertz CT molecular complexity index is 349. The second kappa shape index (κ2) is 4.78. The Balaban J connectivity index is 2.85. The fourth-order valence-corrected chi connectivity index (χ4v) is 3.27. The van der Waals surface area contributed by atoms with Crippen LogP contribution in [-0.2, 0) is 9.59 Å². The van der Waals surface area contributed by atoms with Crippen molar-refractivity contribution in [1.82, 2.24) is 0 Å². The number of aliphatic imine (C=N–C) groups is 1. The monoisotopic (exact) mass is 221 g/mol. The molecule has 1 saturated carbocycles. The Kier molecular flexibility index (Phi) is 3.85. The normalized spacial score (nSPS) is 32.3. The molecule has 0 aromatic carbocycles. The molecule has 0 spiro atoms. The summed E-state index contributed by atoms with van der Waals surface area (Å²) in [4.78, 5) is 24.3. The van der Waals surface area contributed by atoms with E-state index in [-0.39, 0.29) is 16.7 Å². The van der Waals surface area contributed by atoms with E-state index in [9.17, 15) is 9.59 Å². The lowest BCUT2D eigenvalue weighted by Gasteiger charge is -2.44. The Labute approximate surface area is 96.6 Å². The van der Waals surface area contributed by atoms with Crippen molar-refractivity contribution in [2.45, 2.75) is 40.0 Å². The largest absolute Gasteiger partial charge is 0.234 e. The van der Waals surface area contributed by atoms with Gasteiger partial charge in [-0.25, -0.2) is 14.6 Å². The molecule has 0 aromatic rings. The third-order valence-electron chi connectivity index (χ3n) is 3.30. The number of isocyanates is 1. The zero-order valence-corrected chi connectivity index (χ0v) is 10.2. The van der Waals surface area contributed by atoms with E-state index in [0.29, 0.717) is 6.54 Å². The van der Waals surface area contributed by atoms with Crippen LogP contribution in [0.15, 0.2) is 11.1 Å². The summed E-state index contributed by atoms with van der Waals surface area (Å²) in [6.07, 6.45) is 6.14. The van der Waals surface area contributed by atoms with Crippen LogP contribution in [0.2, 0.25) is 0 Å². The smallest absolute Gasteiger partial charge is 0.234 e. The fourth-order valence-electron chi connectivity index (χ4n) is 3.27. The molecule has 0 saturated heterocycles. The minimum Gasteiger partial charge on any atom is -0.234 e. The van der Waals surface area contributed by atoms with Crippen molar-refractivity contribution < 1.29 is 9.59 Å². The summed E-state index contributed by atoms with van der Waals surface area (Å²) in [6, 6.07) is 0. The first kappa shape index (κ1) is 12.9. The molecule has 0 aromatic heterocycles. The fraction of sp³-hybridized carbons (Fsp3) is 0.769. The van der Waals surface area contributed by atoms with Crippen molar-refractivity contribution in [1.29, 1.82) is 0 Å². The quantitative estimate of drug-likeness (QED) is 0.417. The van der Waals surface area contributed by atoms with E-state index in [1.165, 1.54) is 0 Å². The van der Waals surface area contributed by atoms with Crippen molar-refractivity contribution >= 4 is 12.0 Å². The lowest BCUT2D eigenvalue weighted by Crippen LogP contribution is -2.37. The van der Waals surface area contributed by atoms with Gasteiger partial charge in [-0.2, -0.15) is 0 Å². The van der Waals surface area contributed by atoms with Gasteiger partial charge < -0.3 is 0 Å². The highest BCUT2D eigenvalue weighted by atomic mass is 16.1. The number of allylic oxidation sites excluding steroid dienone is 1. The van der Waals surface area contributed by atoms with Crippen LogP contribution in [0.1, 0.15) is 40.0 Å². The van der Waals surface area contributed by atoms with Gasteiger partial charge in [-0.3, -0.25) is 0 Å². The van der Waals surface area contributed by atoms with Gasteiger partial charge in [-0.05, 0) is 36.0 Å². The summed E-state index contributed by atoms with van der Waals surface area (Å²) in [5, 5.41) is 0. The number of hydrogen-bond acceptors (Lipinski definition) is 3. The first-order valence-electron chi connectivity index (χ1n) is 5.65. The first-order chi connectivity index (χ1) is 7.41. The molecule has 0 aliphatic heterocycles. The summed E-state index contributed by atoms with van der Waals surface area (Å²) < 4.78 is 0. The highest BCUT2D eigenvalue weighted by Gasteiger charge is 2.40. The molecule has 1 fully saturated rings. The molecule has 2 unspecified atom stereocenters. The Hall–Kier alpha value is -1.17. The van der Waals surface area contributed by atoms with E-state index in [4.69, 9.17) is 0 Å². The molecule has 3 nitrogen and oxygen atoms in total. The zero-order chi connectivity index (χ0) is 12.2. The predicted molar refractivity (Wildman–Crippen MR) is 62.5 cm³/mol. The van der Waals surface area contributed by atoms with Crippen molar-refractivity contribution in [3.05, 3.63) is 6.08 Å². The maximum absolute atomic E-state index is 10.4. The molecule has 2 atom stereocenters. The van der Waals surface area contributed by atoms with Gasteiger partial charge in [0.05, 0.1) is 6.54 Å². The second-order valence-corrected chi connectivity index (χ2v) is 6.01. The van der Waals surface area contributed by atoms with Crippen LogP contribution in [0.5, 0.6) is 0 Å². The second-order valence-electron chi connectivity index (χ2n) is 6.01. The van der Waals surface area contributed by atoms with Crippen LogP contribution in [0, 0.1) is 16.7 Å². The van der Waals surface area contributed by atoms with Gasteiger partial charge in [0.15, 0.2) is 0 Å². The van der Waals surface area contributed by atoms with Crippen molar-refractivity contribution in [2.24, 2.45) is 21.7 Å². The molecule has 0 N–H and O–H groups in total. The molecule has 16 heavy (non-hydrogen) atoms. The highest BCUT2D eigenvalue weighted by Crippen LogP contribution is 2.48. The summed E-state index contributed by atoms with van der Waals surface area (Å²) in [5.41, 5.74) is 0.181. The third kappa shape index (κ3) is 3.44. The molecule has 3 heteroatoms.